The number of phenols is 1. The lowest BCUT2D eigenvalue weighted by atomic mass is 10.2. The molecule has 4 aromatic carbocycles. The molecule has 4 aromatic rings. The smallest absolute Gasteiger partial charge is 0.344 e. The summed E-state index contributed by atoms with van der Waals surface area (Å²) >= 11 is 0. The average Bonchev–Trinajstić information content (AvgIpc) is 3.11. The maximum atomic E-state index is 11.0. The Labute approximate surface area is 268 Å². The van der Waals surface area contributed by atoms with Gasteiger partial charge in [-0.1, -0.05) is 42.5 Å². The lowest BCUT2D eigenvalue weighted by Gasteiger charge is -1.99. The van der Waals surface area contributed by atoms with Gasteiger partial charge in [0, 0.05) is 18.2 Å². The summed E-state index contributed by atoms with van der Waals surface area (Å²) < 4.78 is 17.7. The quantitative estimate of drug-likeness (QED) is 0.120. The van der Waals surface area contributed by atoms with Crippen molar-refractivity contribution in [3.05, 3.63) is 146 Å². The van der Waals surface area contributed by atoms with E-state index in [2.05, 4.69) is 18.9 Å². The first-order valence-electron chi connectivity index (χ1n) is 13.1. The van der Waals surface area contributed by atoms with Crippen LogP contribution in [-0.2, 0) is 18.9 Å². The van der Waals surface area contributed by atoms with Crippen LogP contribution < -0.4 is 0 Å². The van der Waals surface area contributed by atoms with Gasteiger partial charge in [-0.15, -0.1) is 0 Å². The number of para-hydroxylation sites is 2. The number of esters is 4. The first-order chi connectivity index (χ1) is 22.4. The molecule has 47 heavy (non-hydrogen) atoms. The van der Waals surface area contributed by atoms with Crippen molar-refractivity contribution in [3.63, 3.8) is 0 Å². The van der Waals surface area contributed by atoms with Crippen molar-refractivity contribution in [2.75, 3.05) is 28.4 Å². The fraction of sp³-hybridized carbons (Fsp3) is 0.125. The molecule has 0 saturated heterocycles. The van der Waals surface area contributed by atoms with Gasteiger partial charge in [0.2, 0.25) is 0 Å². The van der Waals surface area contributed by atoms with Gasteiger partial charge in [-0.05, 0) is 42.5 Å². The highest BCUT2D eigenvalue weighted by molar-refractivity contribution is 5.94. The summed E-state index contributed by atoms with van der Waals surface area (Å²) in [7, 11) is 5.08. The van der Waals surface area contributed by atoms with E-state index in [9.17, 15) is 39.4 Å². The van der Waals surface area contributed by atoms with Gasteiger partial charge in [0.1, 0.15) is 16.9 Å². The number of ether oxygens (including phenoxy) is 4. The van der Waals surface area contributed by atoms with Gasteiger partial charge in [0.15, 0.2) is 0 Å². The zero-order valence-electron chi connectivity index (χ0n) is 25.6. The number of nitrogens with zero attached hydrogens (tertiary/aromatic N) is 2. The molecule has 0 unspecified atom stereocenters. The molecular weight excluding hydrogens is 620 g/mol. The first-order valence-corrected chi connectivity index (χ1v) is 13.1. The highest BCUT2D eigenvalue weighted by Crippen LogP contribution is 2.18. The standard InChI is InChI=1S/2C8H7NO4.C8H8O3.C8H8O2/c1-13-8(10)6-2-4-7(5-3-6)9(11)12;1-13-8(10)6-4-2-3-5-7(6)9(11)12;1-11-8(10)6-4-2-3-5-7(6)9;1-10-8(9)7-5-3-2-4-6-7/h2*2-5H,1H3;2-5,9H,1H3;2-6H,1H3. The van der Waals surface area contributed by atoms with Crippen molar-refractivity contribution >= 4 is 35.3 Å². The van der Waals surface area contributed by atoms with Crippen molar-refractivity contribution in [2.24, 2.45) is 0 Å². The lowest BCUT2D eigenvalue weighted by Crippen LogP contribution is -2.04. The van der Waals surface area contributed by atoms with Gasteiger partial charge < -0.3 is 24.1 Å². The molecule has 15 nitrogen and oxygen atoms in total. The van der Waals surface area contributed by atoms with Crippen molar-refractivity contribution in [1.29, 1.82) is 0 Å². The van der Waals surface area contributed by atoms with Crippen LogP contribution in [0, 0.1) is 20.2 Å². The number of hydrogen-bond acceptors (Lipinski definition) is 13. The number of hydrogen-bond donors (Lipinski definition) is 1. The number of aromatic hydroxyl groups is 1. The number of methoxy groups -OCH3 is 4. The van der Waals surface area contributed by atoms with E-state index in [4.69, 9.17) is 5.11 Å². The summed E-state index contributed by atoms with van der Waals surface area (Å²) in [6.45, 7) is 0. The Balaban J connectivity index is 0.000000315. The van der Waals surface area contributed by atoms with E-state index in [1.165, 1.54) is 83.0 Å². The summed E-state index contributed by atoms with van der Waals surface area (Å²) in [5, 5.41) is 29.8. The summed E-state index contributed by atoms with van der Waals surface area (Å²) in [5.41, 5.74) is 0.755. The molecule has 0 bridgehead atoms. The zero-order valence-corrected chi connectivity index (χ0v) is 25.6. The number of phenolic OH excluding ortho intramolecular Hbond substituents is 1. The zero-order chi connectivity index (χ0) is 35.4. The topological polar surface area (TPSA) is 212 Å². The Morgan fingerprint density at radius 1 is 0.511 bits per heavy atom. The minimum absolute atomic E-state index is 0.0324. The van der Waals surface area contributed by atoms with Crippen molar-refractivity contribution < 1.29 is 53.1 Å². The highest BCUT2D eigenvalue weighted by atomic mass is 16.6. The third-order valence-electron chi connectivity index (χ3n) is 5.51. The second-order valence-electron chi connectivity index (χ2n) is 8.43. The average molecular weight is 651 g/mol. The minimum Gasteiger partial charge on any atom is -0.507 e. The molecule has 0 radical (unpaired) electrons. The number of rotatable bonds is 6. The molecule has 0 aliphatic rings. The molecular formula is C32H30N2O13. The molecule has 246 valence electrons. The molecule has 0 fully saturated rings. The molecule has 0 atom stereocenters. The van der Waals surface area contributed by atoms with Crippen LogP contribution in [0.25, 0.3) is 0 Å². The molecule has 0 saturated carbocycles. The van der Waals surface area contributed by atoms with Gasteiger partial charge in [0.05, 0.1) is 49.4 Å². The van der Waals surface area contributed by atoms with Crippen molar-refractivity contribution in [3.8, 4) is 5.75 Å². The third-order valence-corrected chi connectivity index (χ3v) is 5.51. The summed E-state index contributed by atoms with van der Waals surface area (Å²) in [6, 6.07) is 26.0. The van der Waals surface area contributed by atoms with E-state index in [-0.39, 0.29) is 34.2 Å². The van der Waals surface area contributed by atoms with E-state index in [1.54, 1.807) is 42.5 Å². The van der Waals surface area contributed by atoms with Crippen LogP contribution in [-0.4, -0.2) is 67.3 Å². The van der Waals surface area contributed by atoms with Crippen LogP contribution in [0.4, 0.5) is 11.4 Å². The van der Waals surface area contributed by atoms with E-state index in [1.807, 2.05) is 6.07 Å². The highest BCUT2D eigenvalue weighted by Gasteiger charge is 2.19. The van der Waals surface area contributed by atoms with Crippen LogP contribution in [0.15, 0.2) is 103 Å². The van der Waals surface area contributed by atoms with Crippen LogP contribution in [0.1, 0.15) is 41.4 Å². The minimum atomic E-state index is -0.702. The molecule has 0 spiro atoms. The van der Waals surface area contributed by atoms with Crippen molar-refractivity contribution in [2.45, 2.75) is 0 Å². The summed E-state index contributed by atoms with van der Waals surface area (Å²) in [6.07, 6.45) is 0. The molecule has 0 amide bonds. The van der Waals surface area contributed by atoms with Crippen molar-refractivity contribution in [1.82, 2.24) is 0 Å². The van der Waals surface area contributed by atoms with Crippen LogP contribution in [0.5, 0.6) is 5.75 Å². The fourth-order valence-electron chi connectivity index (χ4n) is 3.20. The van der Waals surface area contributed by atoms with Gasteiger partial charge in [-0.2, -0.15) is 0 Å². The number of carbonyl (C=O) groups excluding carboxylic acids is 4. The molecule has 0 aliphatic heterocycles. The summed E-state index contributed by atoms with van der Waals surface area (Å²) in [4.78, 5) is 63.1. The van der Waals surface area contributed by atoms with Gasteiger partial charge in [-0.3, -0.25) is 20.2 Å². The summed E-state index contributed by atoms with van der Waals surface area (Å²) in [5.74, 6) is -2.08. The molecule has 0 aromatic heterocycles. The Morgan fingerprint density at radius 2 is 0.915 bits per heavy atom. The van der Waals surface area contributed by atoms with Crippen LogP contribution in [0.3, 0.4) is 0 Å². The molecule has 0 aliphatic carbocycles. The molecule has 0 heterocycles. The lowest BCUT2D eigenvalue weighted by molar-refractivity contribution is -0.385. The fourth-order valence-corrected chi connectivity index (χ4v) is 3.20. The predicted octanol–water partition coefficient (Wildman–Crippen LogP) is 5.41. The normalized spacial score (nSPS) is 9.19. The second kappa shape index (κ2) is 20.3. The number of non-ortho nitro benzene ring substituents is 1. The number of carbonyl (C=O) groups is 4. The molecule has 4 rings (SSSR count). The van der Waals surface area contributed by atoms with Gasteiger partial charge in [0.25, 0.3) is 11.4 Å². The first kappa shape index (κ1) is 38.4. The molecule has 15 heteroatoms. The second-order valence-corrected chi connectivity index (χ2v) is 8.43. The van der Waals surface area contributed by atoms with Gasteiger partial charge in [-0.25, -0.2) is 19.2 Å². The SMILES string of the molecule is COC(=O)c1ccc([N+](=O)[O-])cc1.COC(=O)c1ccccc1.COC(=O)c1ccccc1O.COC(=O)c1ccccc1[N+](=O)[O-]. The van der Waals surface area contributed by atoms with Crippen LogP contribution in [0.2, 0.25) is 0 Å². The largest absolute Gasteiger partial charge is 0.507 e. The maximum absolute atomic E-state index is 11.0. The van der Waals surface area contributed by atoms with E-state index >= 15 is 0 Å². The third kappa shape index (κ3) is 12.9. The van der Waals surface area contributed by atoms with E-state index in [0.29, 0.717) is 11.1 Å². The van der Waals surface area contributed by atoms with Gasteiger partial charge >= 0.3 is 23.9 Å². The predicted molar refractivity (Wildman–Crippen MR) is 166 cm³/mol. The Bertz CT molecular complexity index is 1660. The molecule has 1 N–H and O–H groups in total. The maximum Gasteiger partial charge on any atom is 0.344 e. The van der Waals surface area contributed by atoms with E-state index < -0.39 is 27.8 Å². The monoisotopic (exact) mass is 650 g/mol. The Hall–Kier alpha value is -6.64. The number of nitro benzene ring substituents is 2. The Morgan fingerprint density at radius 3 is 1.36 bits per heavy atom. The van der Waals surface area contributed by atoms with Crippen LogP contribution >= 0.6 is 0 Å². The van der Waals surface area contributed by atoms with E-state index in [0.717, 1.165) is 0 Å². The number of nitro groups is 2. The Kier molecular flexibility index (Phi) is 16.6. The number of benzene rings is 4.